The number of carbonyl (C=O) groups excluding carboxylic acids is 1. The van der Waals surface area contributed by atoms with Crippen molar-refractivity contribution >= 4 is 11.9 Å². The molecule has 0 aromatic heterocycles. The second-order valence-electron chi connectivity index (χ2n) is 3.05. The second-order valence-corrected chi connectivity index (χ2v) is 3.05. The van der Waals surface area contributed by atoms with Crippen molar-refractivity contribution in [3.8, 4) is 0 Å². The van der Waals surface area contributed by atoms with Crippen LogP contribution in [0.25, 0.3) is 0 Å². The molecule has 0 aliphatic carbocycles. The van der Waals surface area contributed by atoms with Crippen molar-refractivity contribution in [3.63, 3.8) is 0 Å². The Balaban J connectivity index is 4.45. The molecule has 1 unspecified atom stereocenters. The summed E-state index contributed by atoms with van der Waals surface area (Å²) in [4.78, 5) is 21.8. The summed E-state index contributed by atoms with van der Waals surface area (Å²) in [6, 6.07) is -0.531. The van der Waals surface area contributed by atoms with E-state index in [1.165, 1.54) is 0 Å². The molecule has 0 bridgehead atoms. The summed E-state index contributed by atoms with van der Waals surface area (Å²) >= 11 is 0. The molecular weight excluding hydrogens is 182 g/mol. The van der Waals surface area contributed by atoms with Crippen LogP contribution in [0, 0.1) is 0 Å². The number of carboxylic acids is 1. The van der Waals surface area contributed by atoms with Gasteiger partial charge in [0.1, 0.15) is 0 Å². The van der Waals surface area contributed by atoms with Crippen molar-refractivity contribution in [2.75, 3.05) is 0 Å². The lowest BCUT2D eigenvalue weighted by atomic mass is 10.1. The van der Waals surface area contributed by atoms with Gasteiger partial charge in [-0.15, -0.1) is 0 Å². The van der Waals surface area contributed by atoms with Crippen LogP contribution in [0.1, 0.15) is 20.3 Å². The van der Waals surface area contributed by atoms with Gasteiger partial charge in [-0.2, -0.15) is 0 Å². The van der Waals surface area contributed by atoms with Gasteiger partial charge in [0, 0.05) is 5.57 Å². The fourth-order valence-corrected chi connectivity index (χ4v) is 0.866. The van der Waals surface area contributed by atoms with Gasteiger partial charge in [-0.1, -0.05) is 20.1 Å². The monoisotopic (exact) mass is 197 g/mol. The minimum absolute atomic E-state index is 0.0119. The number of carbonyl (C=O) groups is 2. The average molecular weight is 197 g/mol. The van der Waals surface area contributed by atoms with E-state index in [0.29, 0.717) is 12.0 Å². The van der Waals surface area contributed by atoms with Crippen molar-refractivity contribution in [3.05, 3.63) is 24.3 Å². The molecule has 2 N–H and O–H groups in total. The fourth-order valence-electron chi connectivity index (χ4n) is 0.866. The van der Waals surface area contributed by atoms with Crippen LogP contribution in [0.15, 0.2) is 24.3 Å². The molecule has 14 heavy (non-hydrogen) atoms. The molecule has 0 spiro atoms. The topological polar surface area (TPSA) is 66.4 Å². The molecule has 0 heterocycles. The Kier molecular flexibility index (Phi) is 4.63. The normalized spacial score (nSPS) is 11.6. The number of carboxylic acid groups (broad SMARTS) is 1. The Hall–Kier alpha value is -1.58. The van der Waals surface area contributed by atoms with Crippen LogP contribution >= 0.6 is 0 Å². The zero-order valence-electron chi connectivity index (χ0n) is 8.46. The van der Waals surface area contributed by atoms with Crippen LogP contribution in [0.4, 0.5) is 0 Å². The lowest BCUT2D eigenvalue weighted by Crippen LogP contribution is -2.37. The molecule has 0 rings (SSSR count). The SMILES string of the molecule is C=C(C)C(=O)NC(CC)C(=C)C(=O)O. The summed E-state index contributed by atoms with van der Waals surface area (Å²) in [7, 11) is 0. The van der Waals surface area contributed by atoms with E-state index in [4.69, 9.17) is 5.11 Å². The molecule has 0 fully saturated rings. The number of hydrogen-bond acceptors (Lipinski definition) is 2. The van der Waals surface area contributed by atoms with Gasteiger partial charge < -0.3 is 10.4 Å². The minimum Gasteiger partial charge on any atom is -0.478 e. The summed E-state index contributed by atoms with van der Waals surface area (Å²) in [5, 5.41) is 11.2. The lowest BCUT2D eigenvalue weighted by Gasteiger charge is -2.16. The van der Waals surface area contributed by atoms with Crippen molar-refractivity contribution in [1.29, 1.82) is 0 Å². The van der Waals surface area contributed by atoms with E-state index < -0.39 is 12.0 Å². The molecule has 0 aromatic carbocycles. The highest BCUT2D eigenvalue weighted by molar-refractivity contribution is 5.94. The summed E-state index contributed by atoms with van der Waals surface area (Å²) in [5.41, 5.74) is 0.337. The van der Waals surface area contributed by atoms with E-state index in [2.05, 4.69) is 18.5 Å². The van der Waals surface area contributed by atoms with Crippen molar-refractivity contribution in [2.45, 2.75) is 26.3 Å². The van der Waals surface area contributed by atoms with Gasteiger partial charge in [-0.25, -0.2) is 4.79 Å². The van der Waals surface area contributed by atoms with E-state index in [-0.39, 0.29) is 11.5 Å². The van der Waals surface area contributed by atoms with Crippen LogP contribution < -0.4 is 5.32 Å². The Morgan fingerprint density at radius 2 is 1.93 bits per heavy atom. The second kappa shape index (κ2) is 5.21. The summed E-state index contributed by atoms with van der Waals surface area (Å²) in [6.07, 6.45) is 0.490. The van der Waals surface area contributed by atoms with E-state index in [0.717, 1.165) is 0 Å². The van der Waals surface area contributed by atoms with Crippen LogP contribution in [-0.4, -0.2) is 23.0 Å². The van der Waals surface area contributed by atoms with Gasteiger partial charge in [0.05, 0.1) is 11.6 Å². The van der Waals surface area contributed by atoms with Gasteiger partial charge in [-0.05, 0) is 13.3 Å². The van der Waals surface area contributed by atoms with Gasteiger partial charge in [0.25, 0.3) is 0 Å². The first-order chi connectivity index (χ1) is 6.40. The first-order valence-corrected chi connectivity index (χ1v) is 4.28. The highest BCUT2D eigenvalue weighted by Crippen LogP contribution is 2.05. The molecule has 4 nitrogen and oxygen atoms in total. The number of rotatable bonds is 5. The summed E-state index contributed by atoms with van der Waals surface area (Å²) < 4.78 is 0. The quantitative estimate of drug-likeness (QED) is 0.648. The molecule has 0 saturated carbocycles. The molecule has 0 aromatic rings. The van der Waals surface area contributed by atoms with Crippen molar-refractivity contribution in [1.82, 2.24) is 5.32 Å². The number of amides is 1. The zero-order chi connectivity index (χ0) is 11.3. The van der Waals surface area contributed by atoms with Gasteiger partial charge in [-0.3, -0.25) is 4.79 Å². The highest BCUT2D eigenvalue weighted by Gasteiger charge is 2.18. The largest absolute Gasteiger partial charge is 0.478 e. The third kappa shape index (κ3) is 3.43. The standard InChI is InChI=1S/C10H15NO3/c1-5-8(7(4)10(13)14)11-9(12)6(2)3/h8H,2,4-5H2,1,3H3,(H,11,12)(H,13,14). The highest BCUT2D eigenvalue weighted by atomic mass is 16.4. The van der Waals surface area contributed by atoms with E-state index in [1.807, 2.05) is 0 Å². The Morgan fingerprint density at radius 3 is 2.21 bits per heavy atom. The third-order valence-corrected chi connectivity index (χ3v) is 1.80. The maximum Gasteiger partial charge on any atom is 0.333 e. The molecule has 0 saturated heterocycles. The number of aliphatic carboxylic acids is 1. The van der Waals surface area contributed by atoms with E-state index in [9.17, 15) is 9.59 Å². The zero-order valence-corrected chi connectivity index (χ0v) is 8.46. The fraction of sp³-hybridized carbons (Fsp3) is 0.400. The molecule has 1 atom stereocenters. The van der Waals surface area contributed by atoms with Crippen molar-refractivity contribution < 1.29 is 14.7 Å². The van der Waals surface area contributed by atoms with Crippen LogP contribution in [-0.2, 0) is 9.59 Å². The molecule has 0 radical (unpaired) electrons. The van der Waals surface area contributed by atoms with Gasteiger partial charge in [0.15, 0.2) is 0 Å². The minimum atomic E-state index is -1.10. The van der Waals surface area contributed by atoms with E-state index >= 15 is 0 Å². The van der Waals surface area contributed by atoms with Crippen LogP contribution in [0.3, 0.4) is 0 Å². The lowest BCUT2D eigenvalue weighted by molar-refractivity contribution is -0.133. The molecule has 0 aliphatic rings. The first kappa shape index (κ1) is 12.4. The molecule has 1 amide bonds. The summed E-state index contributed by atoms with van der Waals surface area (Å²) in [5.74, 6) is -1.45. The first-order valence-electron chi connectivity index (χ1n) is 4.28. The van der Waals surface area contributed by atoms with Crippen molar-refractivity contribution in [2.24, 2.45) is 0 Å². The maximum absolute atomic E-state index is 11.2. The molecule has 78 valence electrons. The van der Waals surface area contributed by atoms with Gasteiger partial charge >= 0.3 is 5.97 Å². The molecule has 4 heteroatoms. The smallest absolute Gasteiger partial charge is 0.333 e. The predicted octanol–water partition coefficient (Wildman–Crippen LogP) is 1.10. The molecule has 0 aliphatic heterocycles. The summed E-state index contributed by atoms with van der Waals surface area (Å²) in [6.45, 7) is 10.2. The predicted molar refractivity (Wildman–Crippen MR) is 53.8 cm³/mol. The van der Waals surface area contributed by atoms with Gasteiger partial charge in [0.2, 0.25) is 5.91 Å². The Bertz CT molecular complexity index is 281. The van der Waals surface area contributed by atoms with Crippen LogP contribution in [0.5, 0.6) is 0 Å². The van der Waals surface area contributed by atoms with E-state index in [1.54, 1.807) is 13.8 Å². The maximum atomic E-state index is 11.2. The Morgan fingerprint density at radius 1 is 1.43 bits per heavy atom. The average Bonchev–Trinajstić information content (AvgIpc) is 2.12. The van der Waals surface area contributed by atoms with Crippen LogP contribution in [0.2, 0.25) is 0 Å². The number of hydrogen-bond donors (Lipinski definition) is 2. The Labute approximate surface area is 83.3 Å². The third-order valence-electron chi connectivity index (χ3n) is 1.80. The molecular formula is C10H15NO3. The number of nitrogens with one attached hydrogen (secondary N) is 1.